The Morgan fingerprint density at radius 3 is 2.51 bits per heavy atom. The summed E-state index contributed by atoms with van der Waals surface area (Å²) < 4.78 is 7.42. The summed E-state index contributed by atoms with van der Waals surface area (Å²) in [5, 5.41) is 1.12. The number of ketones is 1. The third-order valence-electron chi connectivity index (χ3n) is 7.76. The van der Waals surface area contributed by atoms with Gasteiger partial charge < -0.3 is 19.1 Å². The molecule has 1 fully saturated rings. The second-order valence-electron chi connectivity index (χ2n) is 10.2. The van der Waals surface area contributed by atoms with Crippen LogP contribution in [0.25, 0.3) is 10.9 Å². The molecule has 0 N–H and O–H groups in total. The summed E-state index contributed by atoms with van der Waals surface area (Å²) in [5.41, 5.74) is 3.38. The number of esters is 1. The van der Waals surface area contributed by atoms with Gasteiger partial charge in [-0.2, -0.15) is 0 Å². The van der Waals surface area contributed by atoms with E-state index in [9.17, 15) is 9.59 Å². The minimum absolute atomic E-state index is 0.102. The van der Waals surface area contributed by atoms with E-state index < -0.39 is 0 Å². The number of piperazine rings is 1. The number of Topliss-reactive ketones (excluding diaryl/α,β-unsaturated/α-hetero) is 1. The summed E-state index contributed by atoms with van der Waals surface area (Å²) in [7, 11) is 0. The Morgan fingerprint density at radius 2 is 1.74 bits per heavy atom. The smallest absolute Gasteiger partial charge is 0.305 e. The van der Waals surface area contributed by atoms with E-state index in [4.69, 9.17) is 4.74 Å². The number of hydrogen-bond acceptors (Lipinski definition) is 5. The summed E-state index contributed by atoms with van der Waals surface area (Å²) in [6, 6.07) is 8.41. The molecule has 35 heavy (non-hydrogen) atoms. The van der Waals surface area contributed by atoms with Crippen LogP contribution in [0.5, 0.6) is 0 Å². The third kappa shape index (κ3) is 6.34. The van der Waals surface area contributed by atoms with Gasteiger partial charge in [-0.1, -0.05) is 38.0 Å². The number of unbranched alkanes of at least 4 members (excludes halogenated alkanes) is 3. The third-order valence-corrected chi connectivity index (χ3v) is 7.76. The topological polar surface area (TPSA) is 54.8 Å². The van der Waals surface area contributed by atoms with E-state index in [2.05, 4.69) is 45.6 Å². The average Bonchev–Trinajstić information content (AvgIpc) is 3.19. The Labute approximate surface area is 210 Å². The highest BCUT2D eigenvalue weighted by Crippen LogP contribution is 2.35. The zero-order valence-corrected chi connectivity index (χ0v) is 21.8. The summed E-state index contributed by atoms with van der Waals surface area (Å²) in [6.45, 7) is 12.0. The predicted molar refractivity (Wildman–Crippen MR) is 141 cm³/mol. The van der Waals surface area contributed by atoms with Gasteiger partial charge in [-0.05, 0) is 51.6 Å². The van der Waals surface area contributed by atoms with Crippen molar-refractivity contribution < 1.29 is 14.3 Å². The number of fused-ring (bicyclic) bond motifs is 3. The lowest BCUT2D eigenvalue weighted by molar-refractivity contribution is -0.143. The van der Waals surface area contributed by atoms with Gasteiger partial charge >= 0.3 is 5.97 Å². The van der Waals surface area contributed by atoms with E-state index in [1.54, 1.807) is 0 Å². The number of rotatable bonds is 12. The molecule has 0 amide bonds. The Hall–Kier alpha value is -2.18. The Morgan fingerprint density at radius 1 is 0.971 bits per heavy atom. The molecule has 2 heterocycles. The second kappa shape index (κ2) is 12.7. The average molecular weight is 482 g/mol. The SMILES string of the molecule is CCCCN1CCN(CC2CCc3c(c4ccccc4n3CCCCCC(=O)OCC)C2=O)CC1. The van der Waals surface area contributed by atoms with Crippen molar-refractivity contribution in [3.63, 3.8) is 0 Å². The quantitative estimate of drug-likeness (QED) is 0.318. The van der Waals surface area contributed by atoms with Crippen molar-refractivity contribution in [3.05, 3.63) is 35.5 Å². The highest BCUT2D eigenvalue weighted by Gasteiger charge is 2.34. The molecule has 1 atom stereocenters. The van der Waals surface area contributed by atoms with Crippen LogP contribution >= 0.6 is 0 Å². The van der Waals surface area contributed by atoms with Gasteiger partial charge in [0.05, 0.1) is 6.61 Å². The molecular formula is C29H43N3O3. The Balaban J connectivity index is 1.38. The number of carbonyl (C=O) groups is 2. The van der Waals surface area contributed by atoms with Crippen LogP contribution in [0.4, 0.5) is 0 Å². The molecular weight excluding hydrogens is 438 g/mol. The van der Waals surface area contributed by atoms with Crippen molar-refractivity contribution in [2.75, 3.05) is 45.9 Å². The maximum atomic E-state index is 13.7. The lowest BCUT2D eigenvalue weighted by Gasteiger charge is -2.37. The standard InChI is InChI=1S/C29H43N3O3/c1-3-5-16-30-18-20-31(21-19-30)22-23-14-15-26-28(29(23)34)24-11-8-9-12-25(24)32(26)17-10-6-7-13-27(33)35-4-2/h8-9,11-12,23H,3-7,10,13-22H2,1-2H3. The second-order valence-corrected chi connectivity index (χ2v) is 10.2. The molecule has 0 bridgehead atoms. The first-order chi connectivity index (χ1) is 17.1. The van der Waals surface area contributed by atoms with Crippen LogP contribution < -0.4 is 0 Å². The first-order valence-corrected chi connectivity index (χ1v) is 13.9. The van der Waals surface area contributed by atoms with Gasteiger partial charge in [-0.25, -0.2) is 0 Å². The van der Waals surface area contributed by atoms with E-state index in [0.717, 1.165) is 82.3 Å². The van der Waals surface area contributed by atoms with Crippen molar-refractivity contribution in [1.82, 2.24) is 14.4 Å². The monoisotopic (exact) mass is 481 g/mol. The summed E-state index contributed by atoms with van der Waals surface area (Å²) in [6.07, 6.45) is 7.78. The minimum Gasteiger partial charge on any atom is -0.466 e. The predicted octanol–water partition coefficient (Wildman–Crippen LogP) is 4.93. The van der Waals surface area contributed by atoms with E-state index in [1.165, 1.54) is 30.6 Å². The number of nitrogens with zero attached hydrogens (tertiary/aromatic N) is 3. The summed E-state index contributed by atoms with van der Waals surface area (Å²) in [4.78, 5) is 30.4. The van der Waals surface area contributed by atoms with Crippen molar-refractivity contribution in [2.24, 2.45) is 5.92 Å². The van der Waals surface area contributed by atoms with Crippen LogP contribution in [0.2, 0.25) is 0 Å². The fourth-order valence-electron chi connectivity index (χ4n) is 5.80. The van der Waals surface area contributed by atoms with Crippen molar-refractivity contribution in [3.8, 4) is 0 Å². The van der Waals surface area contributed by atoms with E-state index in [-0.39, 0.29) is 11.9 Å². The lowest BCUT2D eigenvalue weighted by Crippen LogP contribution is -2.49. The molecule has 1 aliphatic carbocycles. The van der Waals surface area contributed by atoms with Crippen LogP contribution in [0, 0.1) is 5.92 Å². The molecule has 2 aliphatic rings. The number of hydrogen-bond donors (Lipinski definition) is 0. The van der Waals surface area contributed by atoms with Gasteiger partial charge in [-0.15, -0.1) is 0 Å². The fraction of sp³-hybridized carbons (Fsp3) is 0.655. The van der Waals surface area contributed by atoms with Gasteiger partial charge in [-0.3, -0.25) is 9.59 Å². The molecule has 1 aliphatic heterocycles. The normalized spacial score (nSPS) is 19.3. The van der Waals surface area contributed by atoms with Gasteiger partial charge in [0, 0.05) is 73.8 Å². The number of benzene rings is 1. The molecule has 0 radical (unpaired) electrons. The molecule has 1 aromatic heterocycles. The molecule has 4 rings (SSSR count). The first kappa shape index (κ1) is 25.9. The van der Waals surface area contributed by atoms with Crippen LogP contribution in [0.1, 0.15) is 74.8 Å². The maximum Gasteiger partial charge on any atom is 0.305 e. The van der Waals surface area contributed by atoms with Crippen LogP contribution in [-0.4, -0.2) is 72.0 Å². The number of ether oxygens (including phenoxy) is 1. The van der Waals surface area contributed by atoms with Gasteiger partial charge in [0.2, 0.25) is 0 Å². The molecule has 0 saturated carbocycles. The minimum atomic E-state index is -0.102. The molecule has 1 aromatic carbocycles. The number of carbonyl (C=O) groups excluding carboxylic acids is 2. The summed E-state index contributed by atoms with van der Waals surface area (Å²) >= 11 is 0. The van der Waals surface area contributed by atoms with E-state index in [1.807, 2.05) is 6.92 Å². The molecule has 2 aromatic rings. The molecule has 1 unspecified atom stereocenters. The largest absolute Gasteiger partial charge is 0.466 e. The number of para-hydroxylation sites is 1. The van der Waals surface area contributed by atoms with Crippen molar-refractivity contribution in [1.29, 1.82) is 0 Å². The molecule has 6 heteroatoms. The zero-order valence-electron chi connectivity index (χ0n) is 21.8. The maximum absolute atomic E-state index is 13.7. The Kier molecular flexibility index (Phi) is 9.38. The first-order valence-electron chi connectivity index (χ1n) is 13.9. The van der Waals surface area contributed by atoms with Crippen LogP contribution in [0.15, 0.2) is 24.3 Å². The zero-order chi connectivity index (χ0) is 24.6. The highest BCUT2D eigenvalue weighted by molar-refractivity contribution is 6.11. The van der Waals surface area contributed by atoms with E-state index in [0.29, 0.717) is 18.8 Å². The van der Waals surface area contributed by atoms with Crippen molar-refractivity contribution in [2.45, 2.75) is 71.8 Å². The summed E-state index contributed by atoms with van der Waals surface area (Å²) in [5.74, 6) is 0.348. The molecule has 1 saturated heterocycles. The highest BCUT2D eigenvalue weighted by atomic mass is 16.5. The van der Waals surface area contributed by atoms with Gasteiger partial charge in [0.15, 0.2) is 5.78 Å². The lowest BCUT2D eigenvalue weighted by atomic mass is 9.84. The number of aryl methyl sites for hydroxylation is 1. The van der Waals surface area contributed by atoms with Gasteiger partial charge in [0.1, 0.15) is 0 Å². The number of aromatic nitrogens is 1. The Bertz CT molecular complexity index is 990. The van der Waals surface area contributed by atoms with Crippen molar-refractivity contribution >= 4 is 22.7 Å². The molecule has 0 spiro atoms. The van der Waals surface area contributed by atoms with Crippen LogP contribution in [0.3, 0.4) is 0 Å². The molecule has 192 valence electrons. The van der Waals surface area contributed by atoms with Gasteiger partial charge in [0.25, 0.3) is 0 Å². The fourth-order valence-corrected chi connectivity index (χ4v) is 5.80. The van der Waals surface area contributed by atoms with Crippen LogP contribution in [-0.2, 0) is 22.5 Å². The molecule has 6 nitrogen and oxygen atoms in total. The van der Waals surface area contributed by atoms with E-state index >= 15 is 0 Å².